The highest BCUT2D eigenvalue weighted by atomic mass is 16.5. The number of hydrogen-bond donors (Lipinski definition) is 3. The number of amides is 1. The average Bonchev–Trinajstić information content (AvgIpc) is 3.40. The molecule has 5 rings (SSSR count). The highest BCUT2D eigenvalue weighted by Gasteiger charge is 2.30. The van der Waals surface area contributed by atoms with Crippen molar-refractivity contribution in [3.8, 4) is 17.1 Å². The summed E-state index contributed by atoms with van der Waals surface area (Å²) >= 11 is 0. The monoisotopic (exact) mass is 419 g/mol. The van der Waals surface area contributed by atoms with E-state index in [2.05, 4.69) is 41.0 Å². The Morgan fingerprint density at radius 2 is 2.10 bits per heavy atom. The SMILES string of the molecule is COc1c(Nc2cc(NC(=O)C3CC3)nc3[nH]c(C)nc23)cccc1-c1nnn(C)n1. The maximum Gasteiger partial charge on any atom is 0.228 e. The molecule has 1 aromatic carbocycles. The largest absolute Gasteiger partial charge is 0.494 e. The molecule has 1 saturated carbocycles. The molecule has 0 saturated heterocycles. The first-order valence-electron chi connectivity index (χ1n) is 9.88. The van der Waals surface area contributed by atoms with Crippen LogP contribution in [0.3, 0.4) is 0 Å². The van der Waals surface area contributed by atoms with Gasteiger partial charge in [0.15, 0.2) is 11.4 Å². The number of nitrogens with one attached hydrogen (secondary N) is 3. The Balaban J connectivity index is 1.56. The van der Waals surface area contributed by atoms with Gasteiger partial charge < -0.3 is 20.4 Å². The molecule has 1 aliphatic carbocycles. The van der Waals surface area contributed by atoms with Gasteiger partial charge in [0.2, 0.25) is 11.7 Å². The van der Waals surface area contributed by atoms with Gasteiger partial charge in [0, 0.05) is 12.0 Å². The van der Waals surface area contributed by atoms with Crippen molar-refractivity contribution in [1.82, 2.24) is 35.2 Å². The predicted octanol–water partition coefficient (Wildman–Crippen LogP) is 2.56. The number of pyridine rings is 1. The summed E-state index contributed by atoms with van der Waals surface area (Å²) in [5.74, 6) is 2.27. The summed E-state index contributed by atoms with van der Waals surface area (Å²) < 4.78 is 5.67. The van der Waals surface area contributed by atoms with Gasteiger partial charge in [-0.3, -0.25) is 4.79 Å². The maximum atomic E-state index is 12.3. The minimum absolute atomic E-state index is 0.0117. The number of aryl methyl sites for hydroxylation is 2. The first-order valence-corrected chi connectivity index (χ1v) is 9.88. The van der Waals surface area contributed by atoms with Gasteiger partial charge in [-0.15, -0.1) is 10.2 Å². The van der Waals surface area contributed by atoms with Gasteiger partial charge in [-0.05, 0) is 37.1 Å². The Bertz CT molecular complexity index is 1290. The van der Waals surface area contributed by atoms with Crippen LogP contribution in [0.2, 0.25) is 0 Å². The van der Waals surface area contributed by atoms with Gasteiger partial charge in [-0.2, -0.15) is 4.80 Å². The third-order valence-corrected chi connectivity index (χ3v) is 5.01. The molecule has 1 amide bonds. The summed E-state index contributed by atoms with van der Waals surface area (Å²) in [4.78, 5) is 25.8. The van der Waals surface area contributed by atoms with E-state index in [0.717, 1.165) is 18.7 Å². The molecule has 0 spiro atoms. The van der Waals surface area contributed by atoms with Crippen LogP contribution in [0.4, 0.5) is 17.2 Å². The molecule has 0 aliphatic heterocycles. The molecule has 0 atom stereocenters. The van der Waals surface area contributed by atoms with Crippen LogP contribution < -0.4 is 15.4 Å². The van der Waals surface area contributed by atoms with Crippen LogP contribution in [-0.4, -0.2) is 48.2 Å². The minimum atomic E-state index is -0.0117. The number of fused-ring (bicyclic) bond motifs is 1. The quantitative estimate of drug-likeness (QED) is 0.434. The number of imidazole rings is 1. The molecule has 3 aromatic heterocycles. The number of hydrogen-bond acceptors (Lipinski definition) is 8. The van der Waals surface area contributed by atoms with E-state index in [1.54, 1.807) is 20.2 Å². The summed E-state index contributed by atoms with van der Waals surface area (Å²) in [6.07, 6.45) is 1.84. The van der Waals surface area contributed by atoms with Crippen molar-refractivity contribution in [2.24, 2.45) is 13.0 Å². The lowest BCUT2D eigenvalue weighted by atomic mass is 10.1. The second-order valence-corrected chi connectivity index (χ2v) is 7.45. The summed E-state index contributed by atoms with van der Waals surface area (Å²) in [7, 11) is 3.29. The average molecular weight is 419 g/mol. The minimum Gasteiger partial charge on any atom is -0.494 e. The Labute approximate surface area is 177 Å². The molecule has 11 heteroatoms. The molecule has 31 heavy (non-hydrogen) atoms. The molecule has 3 heterocycles. The lowest BCUT2D eigenvalue weighted by molar-refractivity contribution is -0.117. The fourth-order valence-corrected chi connectivity index (χ4v) is 3.41. The van der Waals surface area contributed by atoms with Gasteiger partial charge >= 0.3 is 0 Å². The molecule has 3 N–H and O–H groups in total. The van der Waals surface area contributed by atoms with Crippen molar-refractivity contribution in [2.75, 3.05) is 17.7 Å². The normalized spacial score (nSPS) is 13.4. The van der Waals surface area contributed by atoms with Crippen LogP contribution in [0.15, 0.2) is 24.3 Å². The number of ether oxygens (including phenoxy) is 1. The third kappa shape index (κ3) is 3.65. The zero-order valence-electron chi connectivity index (χ0n) is 17.3. The molecule has 4 aromatic rings. The fraction of sp³-hybridized carbons (Fsp3) is 0.300. The van der Waals surface area contributed by atoms with E-state index < -0.39 is 0 Å². The molecule has 158 valence electrons. The fourth-order valence-electron chi connectivity index (χ4n) is 3.41. The lowest BCUT2D eigenvalue weighted by Gasteiger charge is -2.15. The van der Waals surface area contributed by atoms with Crippen molar-refractivity contribution < 1.29 is 9.53 Å². The molecular weight excluding hydrogens is 398 g/mol. The Morgan fingerprint density at radius 3 is 2.81 bits per heavy atom. The standard InChI is InChI=1S/C20H21N9O2/c1-10-21-16-14(9-15(24-19(16)22-10)25-20(30)11-7-8-11)23-13-6-4-5-12(17(13)31-3)18-26-28-29(2)27-18/h4-6,9,11H,7-8H2,1-3H3,(H3,21,22,23,24,25,30). The number of H-pyrrole nitrogens is 1. The highest BCUT2D eigenvalue weighted by molar-refractivity contribution is 5.97. The van der Waals surface area contributed by atoms with Crippen LogP contribution in [0, 0.1) is 12.8 Å². The van der Waals surface area contributed by atoms with E-state index in [1.165, 1.54) is 4.80 Å². The van der Waals surface area contributed by atoms with E-state index in [-0.39, 0.29) is 11.8 Å². The number of carbonyl (C=O) groups is 1. The van der Waals surface area contributed by atoms with Crippen LogP contribution in [0.5, 0.6) is 5.75 Å². The Morgan fingerprint density at radius 1 is 1.26 bits per heavy atom. The number of para-hydroxylation sites is 1. The topological polar surface area (TPSA) is 136 Å². The zero-order valence-corrected chi connectivity index (χ0v) is 17.3. The van der Waals surface area contributed by atoms with Crippen LogP contribution in [0.25, 0.3) is 22.6 Å². The number of aromatic nitrogens is 7. The van der Waals surface area contributed by atoms with Gasteiger partial charge in [0.05, 0.1) is 31.1 Å². The Hall–Kier alpha value is -4.02. The zero-order chi connectivity index (χ0) is 21.5. The van der Waals surface area contributed by atoms with Crippen LogP contribution in [0.1, 0.15) is 18.7 Å². The van der Waals surface area contributed by atoms with Gasteiger partial charge in [0.25, 0.3) is 0 Å². The molecule has 11 nitrogen and oxygen atoms in total. The van der Waals surface area contributed by atoms with E-state index >= 15 is 0 Å². The number of benzene rings is 1. The van der Waals surface area contributed by atoms with E-state index in [1.807, 2.05) is 25.1 Å². The molecule has 0 bridgehead atoms. The maximum absolute atomic E-state index is 12.3. The first-order chi connectivity index (χ1) is 15.0. The van der Waals surface area contributed by atoms with Gasteiger partial charge in [-0.25, -0.2) is 9.97 Å². The molecular formula is C20H21N9O2. The van der Waals surface area contributed by atoms with E-state index in [0.29, 0.717) is 45.5 Å². The molecule has 0 unspecified atom stereocenters. The number of rotatable bonds is 6. The van der Waals surface area contributed by atoms with Crippen molar-refractivity contribution in [3.63, 3.8) is 0 Å². The second-order valence-electron chi connectivity index (χ2n) is 7.45. The summed E-state index contributed by atoms with van der Waals surface area (Å²) in [5.41, 5.74) is 3.32. The molecule has 1 fully saturated rings. The highest BCUT2D eigenvalue weighted by Crippen LogP contribution is 2.38. The summed E-state index contributed by atoms with van der Waals surface area (Å²) in [6.45, 7) is 1.86. The van der Waals surface area contributed by atoms with Crippen molar-refractivity contribution in [3.05, 3.63) is 30.1 Å². The van der Waals surface area contributed by atoms with Crippen LogP contribution >= 0.6 is 0 Å². The van der Waals surface area contributed by atoms with E-state index in [9.17, 15) is 4.79 Å². The number of tetrazole rings is 1. The summed E-state index contributed by atoms with van der Waals surface area (Å²) in [6, 6.07) is 7.40. The lowest BCUT2D eigenvalue weighted by Crippen LogP contribution is -2.14. The predicted molar refractivity (Wildman–Crippen MR) is 114 cm³/mol. The smallest absolute Gasteiger partial charge is 0.228 e. The van der Waals surface area contributed by atoms with Crippen LogP contribution in [-0.2, 0) is 11.8 Å². The van der Waals surface area contributed by atoms with Crippen molar-refractivity contribution in [1.29, 1.82) is 0 Å². The van der Waals surface area contributed by atoms with E-state index in [4.69, 9.17) is 4.74 Å². The molecule has 1 aliphatic rings. The summed E-state index contributed by atoms with van der Waals surface area (Å²) in [5, 5.41) is 18.5. The van der Waals surface area contributed by atoms with Gasteiger partial charge in [0.1, 0.15) is 17.2 Å². The second kappa shape index (κ2) is 7.35. The Kier molecular flexibility index (Phi) is 4.50. The van der Waals surface area contributed by atoms with Crippen molar-refractivity contribution >= 4 is 34.3 Å². The number of carbonyl (C=O) groups excluding carboxylic acids is 1. The first kappa shape index (κ1) is 19.0. The van der Waals surface area contributed by atoms with Gasteiger partial charge in [-0.1, -0.05) is 6.07 Å². The number of nitrogens with zero attached hydrogens (tertiary/aromatic N) is 6. The van der Waals surface area contributed by atoms with Crippen molar-refractivity contribution in [2.45, 2.75) is 19.8 Å². The molecule has 0 radical (unpaired) electrons. The number of anilines is 3. The third-order valence-electron chi connectivity index (χ3n) is 5.01. The number of aromatic amines is 1. The number of methoxy groups -OCH3 is 1.